The minimum Gasteiger partial charge on any atom is -0.490 e. The van der Waals surface area contributed by atoms with Crippen molar-refractivity contribution in [2.75, 3.05) is 5.32 Å². The van der Waals surface area contributed by atoms with E-state index in [1.807, 2.05) is 37.3 Å². The maximum absolute atomic E-state index is 10.3. The molecule has 5 nitrogen and oxygen atoms in total. The van der Waals surface area contributed by atoms with E-state index in [1.165, 1.54) is 0 Å². The molecule has 6 heteroatoms. The van der Waals surface area contributed by atoms with E-state index in [0.717, 1.165) is 47.3 Å². The minimum atomic E-state index is -0.632. The predicted octanol–water partition coefficient (Wildman–Crippen LogP) is 5.10. The van der Waals surface area contributed by atoms with Gasteiger partial charge in [-0.05, 0) is 68.0 Å². The van der Waals surface area contributed by atoms with E-state index in [1.54, 1.807) is 18.5 Å². The van der Waals surface area contributed by atoms with Crippen molar-refractivity contribution in [1.29, 1.82) is 0 Å². The number of hydrogen-bond acceptors (Lipinski definition) is 5. The van der Waals surface area contributed by atoms with Gasteiger partial charge < -0.3 is 15.2 Å². The van der Waals surface area contributed by atoms with Crippen molar-refractivity contribution in [2.45, 2.75) is 44.3 Å². The molecule has 1 saturated carbocycles. The molecule has 2 N–H and O–H groups in total. The van der Waals surface area contributed by atoms with Crippen LogP contribution in [-0.2, 0) is 0 Å². The van der Waals surface area contributed by atoms with Crippen LogP contribution in [0.5, 0.6) is 5.75 Å². The molecule has 2 atom stereocenters. The lowest BCUT2D eigenvalue weighted by molar-refractivity contribution is -0.0232. The van der Waals surface area contributed by atoms with Gasteiger partial charge in [0.05, 0.1) is 17.5 Å². The highest BCUT2D eigenvalue weighted by Gasteiger charge is 2.31. The lowest BCUT2D eigenvalue weighted by atomic mass is 9.84. The zero-order valence-corrected chi connectivity index (χ0v) is 15.9. The Morgan fingerprint density at radius 2 is 2.11 bits per heavy atom. The van der Waals surface area contributed by atoms with Gasteiger partial charge in [-0.1, -0.05) is 11.6 Å². The maximum Gasteiger partial charge on any atom is 0.138 e. The molecule has 1 aliphatic carbocycles. The summed E-state index contributed by atoms with van der Waals surface area (Å²) in [5.41, 5.74) is 0.192. The third-order valence-corrected chi connectivity index (χ3v) is 5.16. The van der Waals surface area contributed by atoms with Gasteiger partial charge in [0.25, 0.3) is 0 Å². The lowest BCUT2D eigenvalue weighted by Gasteiger charge is -2.34. The molecule has 3 aromatic rings. The number of aromatic nitrogens is 2. The number of aliphatic hydroxyl groups is 1. The Kier molecular flexibility index (Phi) is 4.89. The highest BCUT2D eigenvalue weighted by Crippen LogP contribution is 2.32. The van der Waals surface area contributed by atoms with Crippen LogP contribution in [0, 0.1) is 0 Å². The molecule has 27 heavy (non-hydrogen) atoms. The number of fused-ring (bicyclic) bond motifs is 1. The number of rotatable bonds is 4. The Morgan fingerprint density at radius 3 is 2.89 bits per heavy atom. The molecular formula is C21H22ClN3O2. The fourth-order valence-corrected chi connectivity index (χ4v) is 3.73. The number of benzene rings is 1. The van der Waals surface area contributed by atoms with E-state index in [0.29, 0.717) is 11.6 Å². The molecule has 140 valence electrons. The van der Waals surface area contributed by atoms with Crippen molar-refractivity contribution in [2.24, 2.45) is 0 Å². The van der Waals surface area contributed by atoms with Crippen LogP contribution in [0.1, 0.15) is 32.6 Å². The summed E-state index contributed by atoms with van der Waals surface area (Å²) in [5, 5.41) is 16.0. The first kappa shape index (κ1) is 18.0. The second-order valence-electron chi connectivity index (χ2n) is 7.37. The Bertz CT molecular complexity index is 944. The Morgan fingerprint density at radius 1 is 1.22 bits per heavy atom. The van der Waals surface area contributed by atoms with Gasteiger partial charge in [0.2, 0.25) is 0 Å². The van der Waals surface area contributed by atoms with Crippen LogP contribution in [0.2, 0.25) is 5.15 Å². The maximum atomic E-state index is 10.3. The van der Waals surface area contributed by atoms with E-state index < -0.39 is 5.60 Å². The van der Waals surface area contributed by atoms with Crippen LogP contribution in [-0.4, -0.2) is 26.8 Å². The molecule has 0 amide bonds. The highest BCUT2D eigenvalue weighted by atomic mass is 35.5. The standard InChI is InChI=1S/C21H22ClN3O2/c1-21(26)9-2-3-17(12-21)27-16-5-6-18-14(11-16)8-10-23-20(18)25-15-4-7-19(22)24-13-15/h4-8,10-11,13,17,26H,2-3,9,12H2,1H3,(H,23,25)/t17-,21+/m1/s1. The molecule has 1 aliphatic rings. The fourth-order valence-electron chi connectivity index (χ4n) is 3.61. The third-order valence-electron chi connectivity index (χ3n) is 4.94. The largest absolute Gasteiger partial charge is 0.490 e. The first-order valence-corrected chi connectivity index (χ1v) is 9.53. The van der Waals surface area contributed by atoms with Gasteiger partial charge in [0, 0.05) is 18.0 Å². The summed E-state index contributed by atoms with van der Waals surface area (Å²) in [6, 6.07) is 11.5. The van der Waals surface area contributed by atoms with E-state index >= 15 is 0 Å². The van der Waals surface area contributed by atoms with E-state index in [2.05, 4.69) is 15.3 Å². The van der Waals surface area contributed by atoms with Gasteiger partial charge in [0.1, 0.15) is 22.8 Å². The first-order valence-electron chi connectivity index (χ1n) is 9.15. The van der Waals surface area contributed by atoms with Crippen molar-refractivity contribution in [1.82, 2.24) is 9.97 Å². The number of pyridine rings is 2. The van der Waals surface area contributed by atoms with Crippen LogP contribution in [0.15, 0.2) is 48.8 Å². The van der Waals surface area contributed by atoms with Gasteiger partial charge >= 0.3 is 0 Å². The second kappa shape index (κ2) is 7.33. The normalized spacial score (nSPS) is 22.6. The minimum absolute atomic E-state index is 0.0470. The molecule has 0 unspecified atom stereocenters. The molecule has 4 rings (SSSR count). The molecule has 1 aromatic carbocycles. The van der Waals surface area contributed by atoms with Crippen molar-refractivity contribution >= 4 is 33.9 Å². The predicted molar refractivity (Wildman–Crippen MR) is 108 cm³/mol. The summed E-state index contributed by atoms with van der Waals surface area (Å²) >= 11 is 5.84. The summed E-state index contributed by atoms with van der Waals surface area (Å²) in [7, 11) is 0. The lowest BCUT2D eigenvalue weighted by Crippen LogP contribution is -2.37. The average molecular weight is 384 g/mol. The van der Waals surface area contributed by atoms with Gasteiger partial charge in [-0.15, -0.1) is 0 Å². The van der Waals surface area contributed by atoms with Gasteiger partial charge in [-0.25, -0.2) is 9.97 Å². The Hall–Kier alpha value is -2.37. The van der Waals surface area contributed by atoms with Gasteiger partial charge in [-0.3, -0.25) is 0 Å². The molecule has 1 fully saturated rings. The topological polar surface area (TPSA) is 67.3 Å². The Balaban J connectivity index is 1.55. The van der Waals surface area contributed by atoms with Crippen molar-refractivity contribution < 1.29 is 9.84 Å². The van der Waals surface area contributed by atoms with Crippen LogP contribution < -0.4 is 10.1 Å². The van der Waals surface area contributed by atoms with Crippen LogP contribution in [0.4, 0.5) is 11.5 Å². The van der Waals surface area contributed by atoms with Gasteiger partial charge in [-0.2, -0.15) is 0 Å². The van der Waals surface area contributed by atoms with Crippen molar-refractivity contribution in [3.63, 3.8) is 0 Å². The molecule has 2 aromatic heterocycles. The zero-order chi connectivity index (χ0) is 18.9. The SMILES string of the molecule is C[C@]1(O)CCC[C@@H](Oc2ccc3c(Nc4ccc(Cl)nc4)nccc3c2)C1. The smallest absolute Gasteiger partial charge is 0.138 e. The number of nitrogens with one attached hydrogen (secondary N) is 1. The molecular weight excluding hydrogens is 362 g/mol. The number of hydrogen-bond donors (Lipinski definition) is 2. The quantitative estimate of drug-likeness (QED) is 0.613. The Labute approximate surface area is 163 Å². The summed E-state index contributed by atoms with van der Waals surface area (Å²) in [5.74, 6) is 1.57. The van der Waals surface area contributed by atoms with E-state index in [-0.39, 0.29) is 6.10 Å². The van der Waals surface area contributed by atoms with Crippen LogP contribution in [0.25, 0.3) is 10.8 Å². The van der Waals surface area contributed by atoms with Crippen LogP contribution in [0.3, 0.4) is 0 Å². The molecule has 0 saturated heterocycles. The highest BCUT2D eigenvalue weighted by molar-refractivity contribution is 6.29. The van der Waals surface area contributed by atoms with E-state index in [4.69, 9.17) is 16.3 Å². The molecule has 0 aliphatic heterocycles. The fraction of sp³-hybridized carbons (Fsp3) is 0.333. The summed E-state index contributed by atoms with van der Waals surface area (Å²) in [6.45, 7) is 1.89. The number of anilines is 2. The average Bonchev–Trinajstić information content (AvgIpc) is 2.63. The van der Waals surface area contributed by atoms with Crippen molar-refractivity contribution in [3.8, 4) is 5.75 Å². The summed E-state index contributed by atoms with van der Waals surface area (Å²) in [4.78, 5) is 8.52. The monoisotopic (exact) mass is 383 g/mol. The number of halogens is 1. The van der Waals surface area contributed by atoms with Crippen molar-refractivity contribution in [3.05, 3.63) is 53.9 Å². The zero-order valence-electron chi connectivity index (χ0n) is 15.2. The van der Waals surface area contributed by atoms with E-state index in [9.17, 15) is 5.11 Å². The third kappa shape index (κ3) is 4.31. The number of ether oxygens (including phenoxy) is 1. The van der Waals surface area contributed by atoms with Crippen LogP contribution >= 0.6 is 11.6 Å². The molecule has 0 spiro atoms. The summed E-state index contributed by atoms with van der Waals surface area (Å²) in [6.07, 6.45) is 6.95. The molecule has 0 bridgehead atoms. The number of nitrogens with zero attached hydrogens (tertiary/aromatic N) is 2. The first-order chi connectivity index (χ1) is 13.0. The summed E-state index contributed by atoms with van der Waals surface area (Å²) < 4.78 is 6.14. The second-order valence-corrected chi connectivity index (χ2v) is 7.76. The molecule has 0 radical (unpaired) electrons. The van der Waals surface area contributed by atoms with Gasteiger partial charge in [0.15, 0.2) is 0 Å². The molecule has 2 heterocycles.